The molecule has 2 N–H and O–H groups in total. The smallest absolute Gasteiger partial charge is 0.266 e. The number of hydrogen-bond donors (Lipinski definition) is 2. The van der Waals surface area contributed by atoms with Crippen LogP contribution in [0.2, 0.25) is 0 Å². The zero-order chi connectivity index (χ0) is 27.9. The van der Waals surface area contributed by atoms with E-state index < -0.39 is 29.4 Å². The number of carbonyl (C=O) groups excluding carboxylic acids is 2. The SMILES string of the molecule is CC(=O)NC1(c2cc3c(N[C@H](C)c4cccc(C(F)F)c4F)ncnc3n3nnnc23)CCN(C(C)=O)CC1. The number of alkyl halides is 2. The molecule has 3 aromatic heterocycles. The Morgan fingerprint density at radius 2 is 1.79 bits per heavy atom. The first-order chi connectivity index (χ1) is 18.6. The fraction of sp³-hybridized carbons (Fsp3) is 0.400. The number of likely N-dealkylation sites (tertiary alicyclic amines) is 1. The first kappa shape index (κ1) is 26.3. The average Bonchev–Trinajstić information content (AvgIpc) is 3.38. The second-order valence-corrected chi connectivity index (χ2v) is 9.62. The predicted octanol–water partition coefficient (Wildman–Crippen LogP) is 3.29. The molecular weight excluding hydrogens is 515 g/mol. The Balaban J connectivity index is 1.62. The minimum absolute atomic E-state index is 0.0506. The van der Waals surface area contributed by atoms with E-state index in [2.05, 4.69) is 36.1 Å². The number of nitrogens with one attached hydrogen (secondary N) is 2. The van der Waals surface area contributed by atoms with Gasteiger partial charge in [0.2, 0.25) is 11.8 Å². The molecule has 0 saturated carbocycles. The van der Waals surface area contributed by atoms with E-state index in [4.69, 9.17) is 0 Å². The number of anilines is 1. The van der Waals surface area contributed by atoms with Crippen molar-refractivity contribution >= 4 is 34.3 Å². The van der Waals surface area contributed by atoms with Crippen LogP contribution in [-0.4, -0.2) is 59.8 Å². The van der Waals surface area contributed by atoms with Gasteiger partial charge in [0, 0.05) is 38.1 Å². The van der Waals surface area contributed by atoms with Crippen LogP contribution >= 0.6 is 0 Å². The number of tetrazole rings is 1. The molecule has 0 aliphatic carbocycles. The minimum atomic E-state index is -2.95. The summed E-state index contributed by atoms with van der Waals surface area (Å²) >= 11 is 0. The van der Waals surface area contributed by atoms with E-state index in [1.165, 1.54) is 36.8 Å². The molecule has 2 amide bonds. The Labute approximate surface area is 220 Å². The van der Waals surface area contributed by atoms with Crippen molar-refractivity contribution in [2.24, 2.45) is 0 Å². The number of halogens is 3. The summed E-state index contributed by atoms with van der Waals surface area (Å²) in [5.41, 5.74) is -0.187. The average molecular weight is 542 g/mol. The monoisotopic (exact) mass is 541 g/mol. The number of benzene rings is 1. The number of pyridine rings is 1. The van der Waals surface area contributed by atoms with Crippen LogP contribution in [0, 0.1) is 5.82 Å². The second kappa shape index (κ2) is 10.1. The molecular formula is C25H26F3N9O2. The molecule has 39 heavy (non-hydrogen) atoms. The van der Waals surface area contributed by atoms with Gasteiger partial charge in [-0.2, -0.15) is 4.52 Å². The summed E-state index contributed by atoms with van der Waals surface area (Å²) in [7, 11) is 0. The van der Waals surface area contributed by atoms with E-state index in [-0.39, 0.29) is 17.4 Å². The van der Waals surface area contributed by atoms with E-state index in [1.54, 1.807) is 17.9 Å². The van der Waals surface area contributed by atoms with E-state index in [0.717, 1.165) is 6.07 Å². The molecule has 0 bridgehead atoms. The maximum Gasteiger partial charge on any atom is 0.266 e. The number of carbonyl (C=O) groups is 2. The third-order valence-corrected chi connectivity index (χ3v) is 7.17. The lowest BCUT2D eigenvalue weighted by molar-refractivity contribution is -0.131. The number of nitrogens with zero attached hydrogens (tertiary/aromatic N) is 7. The molecule has 4 heterocycles. The Kier molecular flexibility index (Phi) is 6.78. The van der Waals surface area contributed by atoms with Crippen LogP contribution in [0.3, 0.4) is 0 Å². The fourth-order valence-electron chi connectivity index (χ4n) is 5.22. The first-order valence-corrected chi connectivity index (χ1v) is 12.3. The highest BCUT2D eigenvalue weighted by molar-refractivity contribution is 5.90. The number of piperidine rings is 1. The molecule has 1 saturated heterocycles. The lowest BCUT2D eigenvalue weighted by Crippen LogP contribution is -2.53. The summed E-state index contributed by atoms with van der Waals surface area (Å²) < 4.78 is 42.9. The lowest BCUT2D eigenvalue weighted by atomic mass is 9.80. The lowest BCUT2D eigenvalue weighted by Gasteiger charge is -2.42. The van der Waals surface area contributed by atoms with Gasteiger partial charge in [-0.3, -0.25) is 9.59 Å². The van der Waals surface area contributed by atoms with Crippen molar-refractivity contribution in [1.29, 1.82) is 0 Å². The molecule has 204 valence electrons. The first-order valence-electron chi connectivity index (χ1n) is 12.3. The van der Waals surface area contributed by atoms with Crippen molar-refractivity contribution in [2.75, 3.05) is 18.4 Å². The Hall–Kier alpha value is -4.36. The third-order valence-electron chi connectivity index (χ3n) is 7.17. The predicted molar refractivity (Wildman–Crippen MR) is 134 cm³/mol. The second-order valence-electron chi connectivity index (χ2n) is 9.62. The van der Waals surface area contributed by atoms with Crippen LogP contribution in [0.15, 0.2) is 30.6 Å². The van der Waals surface area contributed by atoms with Gasteiger partial charge in [0.05, 0.1) is 22.5 Å². The highest BCUT2D eigenvalue weighted by Gasteiger charge is 2.40. The molecule has 1 aromatic carbocycles. The molecule has 11 nitrogen and oxygen atoms in total. The van der Waals surface area contributed by atoms with Crippen LogP contribution in [-0.2, 0) is 15.1 Å². The van der Waals surface area contributed by atoms with E-state index in [9.17, 15) is 22.8 Å². The van der Waals surface area contributed by atoms with Gasteiger partial charge in [0.15, 0.2) is 11.3 Å². The fourth-order valence-corrected chi connectivity index (χ4v) is 5.22. The zero-order valence-electron chi connectivity index (χ0n) is 21.5. The summed E-state index contributed by atoms with van der Waals surface area (Å²) in [4.78, 5) is 34.7. The highest BCUT2D eigenvalue weighted by atomic mass is 19.3. The standard InChI is InChI=1S/C25H26F3N9O2/c1-13(16-5-4-6-17(20(16)26)21(27)28)31-22-18-11-19(24-33-34-35-37(24)23(18)30-12-29-22)25(32-14(2)38)7-9-36(10-8-25)15(3)39/h4-6,11-13,21H,7-10H2,1-3H3,(H,32,38)(H,29,30,31)/t13-/m1/s1. The normalized spacial score (nSPS) is 16.0. The van der Waals surface area contributed by atoms with Crippen LogP contribution in [0.5, 0.6) is 0 Å². The summed E-state index contributed by atoms with van der Waals surface area (Å²) in [6, 6.07) is 4.90. The molecule has 1 aliphatic rings. The Morgan fingerprint density at radius 1 is 1.08 bits per heavy atom. The Bertz CT molecular complexity index is 1570. The van der Waals surface area contributed by atoms with Crippen molar-refractivity contribution in [3.63, 3.8) is 0 Å². The van der Waals surface area contributed by atoms with Crippen molar-refractivity contribution < 1.29 is 22.8 Å². The van der Waals surface area contributed by atoms with Gasteiger partial charge >= 0.3 is 0 Å². The maximum absolute atomic E-state index is 14.9. The van der Waals surface area contributed by atoms with E-state index in [0.29, 0.717) is 54.0 Å². The molecule has 14 heteroatoms. The van der Waals surface area contributed by atoms with Gasteiger partial charge in [-0.25, -0.2) is 23.1 Å². The number of hydrogen-bond acceptors (Lipinski definition) is 8. The van der Waals surface area contributed by atoms with Crippen LogP contribution in [0.4, 0.5) is 19.0 Å². The van der Waals surface area contributed by atoms with Crippen molar-refractivity contribution in [3.05, 3.63) is 53.1 Å². The molecule has 0 spiro atoms. The van der Waals surface area contributed by atoms with Gasteiger partial charge in [-0.1, -0.05) is 18.2 Å². The molecule has 1 fully saturated rings. The molecule has 4 aromatic rings. The molecule has 0 radical (unpaired) electrons. The maximum atomic E-state index is 14.9. The van der Waals surface area contributed by atoms with Gasteiger partial charge < -0.3 is 15.5 Å². The van der Waals surface area contributed by atoms with Crippen molar-refractivity contribution in [3.8, 4) is 0 Å². The molecule has 5 rings (SSSR count). The van der Waals surface area contributed by atoms with E-state index >= 15 is 0 Å². The van der Waals surface area contributed by atoms with Crippen LogP contribution in [0.1, 0.15) is 62.8 Å². The molecule has 0 unspecified atom stereocenters. The quantitative estimate of drug-likeness (QED) is 0.380. The summed E-state index contributed by atoms with van der Waals surface area (Å²) in [5.74, 6) is -1.01. The highest BCUT2D eigenvalue weighted by Crippen LogP contribution is 2.38. The summed E-state index contributed by atoms with van der Waals surface area (Å²) in [5, 5.41) is 18.8. The van der Waals surface area contributed by atoms with Crippen molar-refractivity contribution in [2.45, 2.75) is 51.6 Å². The largest absolute Gasteiger partial charge is 0.363 e. The number of amides is 2. The zero-order valence-corrected chi connectivity index (χ0v) is 21.5. The van der Waals surface area contributed by atoms with Gasteiger partial charge in [0.25, 0.3) is 6.43 Å². The topological polar surface area (TPSA) is 130 Å². The minimum Gasteiger partial charge on any atom is -0.363 e. The third kappa shape index (κ3) is 4.70. The summed E-state index contributed by atoms with van der Waals surface area (Å²) in [6.07, 6.45) is -0.830. The number of fused-ring (bicyclic) bond motifs is 3. The van der Waals surface area contributed by atoms with E-state index in [1.807, 2.05) is 0 Å². The number of rotatable bonds is 6. The van der Waals surface area contributed by atoms with Gasteiger partial charge in [-0.15, -0.1) is 5.10 Å². The van der Waals surface area contributed by atoms with Gasteiger partial charge in [-0.05, 0) is 36.3 Å². The van der Waals surface area contributed by atoms with Crippen molar-refractivity contribution in [1.82, 2.24) is 40.2 Å². The summed E-state index contributed by atoms with van der Waals surface area (Å²) in [6.45, 7) is 5.37. The van der Waals surface area contributed by atoms with Crippen LogP contribution < -0.4 is 10.6 Å². The Morgan fingerprint density at radius 3 is 2.46 bits per heavy atom. The molecule has 1 aliphatic heterocycles. The van der Waals surface area contributed by atoms with Gasteiger partial charge in [0.1, 0.15) is 18.0 Å². The molecule has 1 atom stereocenters. The number of aromatic nitrogens is 6. The van der Waals surface area contributed by atoms with Crippen LogP contribution in [0.25, 0.3) is 16.7 Å².